The number of anilines is 1. The molecule has 0 atom stereocenters. The lowest BCUT2D eigenvalue weighted by atomic mass is 10.1. The van der Waals surface area contributed by atoms with Crippen LogP contribution >= 0.6 is 11.6 Å². The van der Waals surface area contributed by atoms with E-state index in [1.54, 1.807) is 30.5 Å². The molecule has 3 aromatic rings. The quantitative estimate of drug-likeness (QED) is 0.139. The number of allylic oxidation sites excluding steroid dienone is 1. The lowest BCUT2D eigenvalue weighted by molar-refractivity contribution is -0.385. The molecule has 0 unspecified atom stereocenters. The lowest BCUT2D eigenvalue weighted by Gasteiger charge is -2.10. The molecule has 0 fully saturated rings. The van der Waals surface area contributed by atoms with Crippen LogP contribution in [0.3, 0.4) is 0 Å². The highest BCUT2D eigenvalue weighted by atomic mass is 35.5. The number of hydrogen-bond donors (Lipinski definition) is 3. The number of rotatable bonds is 8. The molecule has 0 saturated heterocycles. The second-order valence-corrected chi connectivity index (χ2v) is 7.46. The molecule has 0 saturated carbocycles. The minimum absolute atomic E-state index is 0.00701. The summed E-state index contributed by atoms with van der Waals surface area (Å²) in [7, 11) is 1.26. The standard InChI is InChI=1S/C23H22ClN7O4/c1-14-12-15(25)4-7-19(14)35-16-8-11-30(27)20(13-16)29-10-3-9-28-17-5-6-18(31(32)33)22(34-2)21(17)23(24)26/h3-13,26H,25,27H2,1-2H3/b10-3-,26-23?,28-9+,29-20-. The number of hydrogen-bond acceptors (Lipinski definition) is 9. The van der Waals surface area contributed by atoms with Gasteiger partial charge in [0.05, 0.1) is 23.3 Å². The number of nitrogen functional groups attached to an aromatic ring is 2. The summed E-state index contributed by atoms with van der Waals surface area (Å²) >= 11 is 5.83. The summed E-state index contributed by atoms with van der Waals surface area (Å²) in [6, 6.07) is 11.3. The number of methoxy groups -OCH3 is 1. The van der Waals surface area contributed by atoms with Gasteiger partial charge in [-0.3, -0.25) is 25.2 Å². The van der Waals surface area contributed by atoms with Crippen LogP contribution in [-0.4, -0.2) is 28.1 Å². The van der Waals surface area contributed by atoms with Crippen molar-refractivity contribution in [2.75, 3.05) is 18.7 Å². The molecule has 12 heteroatoms. The largest absolute Gasteiger partial charge is 0.490 e. The number of aliphatic imine (C=N–C) groups is 1. The van der Waals surface area contributed by atoms with Crippen molar-refractivity contribution >= 4 is 40.0 Å². The van der Waals surface area contributed by atoms with Crippen LogP contribution in [0.5, 0.6) is 17.2 Å². The molecule has 3 rings (SSSR count). The zero-order chi connectivity index (χ0) is 25.5. The maximum absolute atomic E-state index is 11.2. The van der Waals surface area contributed by atoms with Gasteiger partial charge < -0.3 is 21.1 Å². The molecule has 1 heterocycles. The number of aryl methyl sites for hydroxylation is 1. The number of nitrogens with two attached hydrogens (primary N) is 2. The first-order valence-corrected chi connectivity index (χ1v) is 10.4. The van der Waals surface area contributed by atoms with Crippen molar-refractivity contribution in [3.05, 3.63) is 87.7 Å². The van der Waals surface area contributed by atoms with Gasteiger partial charge in [-0.15, -0.1) is 0 Å². The molecule has 0 bridgehead atoms. The van der Waals surface area contributed by atoms with Gasteiger partial charge in [-0.25, -0.2) is 4.99 Å². The number of ether oxygens (including phenoxy) is 2. The van der Waals surface area contributed by atoms with Gasteiger partial charge in [0.1, 0.15) is 16.7 Å². The molecular weight excluding hydrogens is 474 g/mol. The van der Waals surface area contributed by atoms with Crippen LogP contribution in [0.4, 0.5) is 17.1 Å². The highest BCUT2D eigenvalue weighted by molar-refractivity contribution is 6.69. The summed E-state index contributed by atoms with van der Waals surface area (Å²) in [6.45, 7) is 1.89. The van der Waals surface area contributed by atoms with Crippen LogP contribution in [0.25, 0.3) is 0 Å². The minimum atomic E-state index is -0.622. The Kier molecular flexibility index (Phi) is 7.85. The fraction of sp³-hybridized carbons (Fsp3) is 0.0870. The molecule has 35 heavy (non-hydrogen) atoms. The van der Waals surface area contributed by atoms with Crippen LogP contribution in [0, 0.1) is 22.4 Å². The van der Waals surface area contributed by atoms with Crippen molar-refractivity contribution in [1.29, 1.82) is 5.41 Å². The average molecular weight is 496 g/mol. The predicted octanol–water partition coefficient (Wildman–Crippen LogP) is 4.18. The summed E-state index contributed by atoms with van der Waals surface area (Å²) < 4.78 is 12.3. The van der Waals surface area contributed by atoms with Gasteiger partial charge in [0.15, 0.2) is 5.49 Å². The van der Waals surface area contributed by atoms with Gasteiger partial charge in [-0.05, 0) is 48.9 Å². The summed E-state index contributed by atoms with van der Waals surface area (Å²) in [4.78, 5) is 19.1. The first kappa shape index (κ1) is 25.0. The molecule has 0 radical (unpaired) electrons. The van der Waals surface area contributed by atoms with Crippen LogP contribution in [0.1, 0.15) is 11.1 Å². The highest BCUT2D eigenvalue weighted by Gasteiger charge is 2.23. The van der Waals surface area contributed by atoms with Crippen LogP contribution in [-0.2, 0) is 0 Å². The summed E-state index contributed by atoms with van der Waals surface area (Å²) in [5.41, 5.74) is 7.62. The fourth-order valence-corrected chi connectivity index (χ4v) is 3.26. The van der Waals surface area contributed by atoms with E-state index < -0.39 is 10.1 Å². The van der Waals surface area contributed by atoms with E-state index in [0.29, 0.717) is 22.7 Å². The molecule has 0 aliphatic heterocycles. The number of benzene rings is 2. The molecule has 0 spiro atoms. The minimum Gasteiger partial charge on any atom is -0.490 e. The van der Waals surface area contributed by atoms with Gasteiger partial charge in [0, 0.05) is 36.4 Å². The molecule has 0 aliphatic rings. The Morgan fingerprint density at radius 3 is 2.69 bits per heavy atom. The molecule has 2 aromatic carbocycles. The third-order valence-corrected chi connectivity index (χ3v) is 4.88. The number of nitro benzene ring substituents is 1. The summed E-state index contributed by atoms with van der Waals surface area (Å²) in [5, 5.41) is 18.5. The first-order chi connectivity index (χ1) is 16.7. The van der Waals surface area contributed by atoms with Crippen molar-refractivity contribution < 1.29 is 14.4 Å². The highest BCUT2D eigenvalue weighted by Crippen LogP contribution is 2.38. The van der Waals surface area contributed by atoms with Crippen LogP contribution in [0.2, 0.25) is 0 Å². The van der Waals surface area contributed by atoms with Gasteiger partial charge in [0.25, 0.3) is 0 Å². The maximum atomic E-state index is 11.2. The van der Waals surface area contributed by atoms with Crippen molar-refractivity contribution in [3.63, 3.8) is 0 Å². The molecule has 1 aromatic heterocycles. The van der Waals surface area contributed by atoms with E-state index in [2.05, 4.69) is 9.98 Å². The van der Waals surface area contributed by atoms with E-state index in [1.165, 1.54) is 42.4 Å². The second-order valence-electron chi connectivity index (χ2n) is 7.09. The van der Waals surface area contributed by atoms with Gasteiger partial charge in [-0.1, -0.05) is 11.6 Å². The maximum Gasteiger partial charge on any atom is 0.311 e. The number of aromatic nitrogens is 1. The lowest BCUT2D eigenvalue weighted by Crippen LogP contribution is -2.26. The third-order valence-electron chi connectivity index (χ3n) is 4.69. The Labute approximate surface area is 205 Å². The van der Waals surface area contributed by atoms with Crippen molar-refractivity contribution in [3.8, 4) is 17.2 Å². The topological polar surface area (TPSA) is 167 Å². The Bertz CT molecular complexity index is 1410. The van der Waals surface area contributed by atoms with Gasteiger partial charge in [-0.2, -0.15) is 0 Å². The Morgan fingerprint density at radius 2 is 2.03 bits per heavy atom. The molecule has 0 aliphatic carbocycles. The van der Waals surface area contributed by atoms with Gasteiger partial charge in [0.2, 0.25) is 5.75 Å². The SMILES string of the molecule is COc1c([N+](=O)[O-])ccc(/N=C/C=C\N=c2\cc(Oc3ccc(N)cc3C)ccn2N)c1C(=N)Cl. The monoisotopic (exact) mass is 495 g/mol. The van der Waals surface area contributed by atoms with Crippen molar-refractivity contribution in [1.82, 2.24) is 4.68 Å². The van der Waals surface area contributed by atoms with Gasteiger partial charge >= 0.3 is 5.69 Å². The number of halogens is 1. The molecule has 180 valence electrons. The predicted molar refractivity (Wildman–Crippen MR) is 135 cm³/mol. The number of nitrogens with zero attached hydrogens (tertiary/aromatic N) is 4. The van der Waals surface area contributed by atoms with E-state index in [1.807, 2.05) is 13.0 Å². The summed E-state index contributed by atoms with van der Waals surface area (Å²) in [6.07, 6.45) is 5.97. The molecule has 11 nitrogen and oxygen atoms in total. The normalized spacial score (nSPS) is 11.8. The zero-order valence-corrected chi connectivity index (χ0v) is 19.6. The summed E-state index contributed by atoms with van der Waals surface area (Å²) in [5.74, 6) is 6.98. The Balaban J connectivity index is 1.84. The zero-order valence-electron chi connectivity index (χ0n) is 18.8. The third kappa shape index (κ3) is 6.03. The molecule has 5 N–H and O–H groups in total. The van der Waals surface area contributed by atoms with Crippen molar-refractivity contribution in [2.45, 2.75) is 6.92 Å². The van der Waals surface area contributed by atoms with Crippen molar-refractivity contribution in [2.24, 2.45) is 9.98 Å². The smallest absolute Gasteiger partial charge is 0.311 e. The number of nitrogens with one attached hydrogen (secondary N) is 1. The van der Waals surface area contributed by atoms with Crippen LogP contribution < -0.4 is 26.5 Å². The van der Waals surface area contributed by atoms with E-state index in [0.717, 1.165) is 5.56 Å². The van der Waals surface area contributed by atoms with E-state index in [4.69, 9.17) is 38.1 Å². The van der Waals surface area contributed by atoms with E-state index in [-0.39, 0.29) is 22.7 Å². The Hall–Kier alpha value is -4.64. The number of nitro groups is 1. The van der Waals surface area contributed by atoms with E-state index >= 15 is 0 Å². The fourth-order valence-electron chi connectivity index (χ4n) is 3.07. The second kappa shape index (κ2) is 11.0. The van der Waals surface area contributed by atoms with Crippen LogP contribution in [0.15, 0.2) is 70.9 Å². The average Bonchev–Trinajstić information content (AvgIpc) is 2.81. The number of pyridine rings is 1. The molecular formula is C23H22ClN7O4. The molecule has 0 amide bonds. The Morgan fingerprint density at radius 1 is 1.26 bits per heavy atom. The van der Waals surface area contributed by atoms with E-state index in [9.17, 15) is 10.1 Å². The first-order valence-electron chi connectivity index (χ1n) is 10.1.